The van der Waals surface area contributed by atoms with Crippen molar-refractivity contribution in [1.82, 2.24) is 9.78 Å². The number of rotatable bonds is 5. The highest BCUT2D eigenvalue weighted by atomic mass is 16.5. The summed E-state index contributed by atoms with van der Waals surface area (Å²) in [6, 6.07) is 20.3. The van der Waals surface area contributed by atoms with Crippen LogP contribution in [-0.2, 0) is 22.7 Å². The number of carbonyl (C=O) groups excluding carboxylic acids is 1. The zero-order chi connectivity index (χ0) is 17.6. The Hall–Kier alpha value is -3.21. The van der Waals surface area contributed by atoms with Gasteiger partial charge in [0.25, 0.3) is 5.56 Å². The lowest BCUT2D eigenvalue weighted by Crippen LogP contribution is -2.27. The molecule has 0 atom stereocenters. The van der Waals surface area contributed by atoms with Gasteiger partial charge in [-0.2, -0.15) is 5.10 Å². The predicted molar refractivity (Wildman–Crippen MR) is 94.9 cm³/mol. The van der Waals surface area contributed by atoms with Gasteiger partial charge in [0.05, 0.1) is 5.69 Å². The minimum atomic E-state index is -0.500. The molecule has 0 fully saturated rings. The topological polar surface area (TPSA) is 61.2 Å². The average Bonchev–Trinajstić information content (AvgIpc) is 2.63. The molecule has 0 saturated heterocycles. The van der Waals surface area contributed by atoms with E-state index in [0.29, 0.717) is 5.69 Å². The highest BCUT2D eigenvalue weighted by molar-refractivity contribution is 5.69. The Morgan fingerprint density at radius 1 is 1.00 bits per heavy atom. The number of carbonyl (C=O) groups is 1. The van der Waals surface area contributed by atoms with E-state index in [1.165, 1.54) is 6.07 Å². The molecule has 0 aliphatic rings. The molecule has 5 nitrogen and oxygen atoms in total. The molecule has 0 bridgehead atoms. The van der Waals surface area contributed by atoms with Crippen molar-refractivity contribution in [3.05, 3.63) is 88.2 Å². The lowest BCUT2D eigenvalue weighted by molar-refractivity contribution is -0.146. The minimum absolute atomic E-state index is 0.173. The van der Waals surface area contributed by atoms with Gasteiger partial charge in [-0.3, -0.25) is 9.59 Å². The lowest BCUT2D eigenvalue weighted by atomic mass is 10.1. The number of benzene rings is 2. The van der Waals surface area contributed by atoms with E-state index >= 15 is 0 Å². The number of ether oxygens (including phenoxy) is 1. The van der Waals surface area contributed by atoms with Crippen molar-refractivity contribution < 1.29 is 9.53 Å². The second-order valence-corrected chi connectivity index (χ2v) is 5.73. The maximum atomic E-state index is 12.0. The summed E-state index contributed by atoms with van der Waals surface area (Å²) < 4.78 is 6.34. The van der Waals surface area contributed by atoms with Gasteiger partial charge in [0.15, 0.2) is 0 Å². The van der Waals surface area contributed by atoms with Crippen molar-refractivity contribution in [1.29, 1.82) is 0 Å². The van der Waals surface area contributed by atoms with E-state index in [0.717, 1.165) is 21.4 Å². The van der Waals surface area contributed by atoms with E-state index in [-0.39, 0.29) is 18.7 Å². The van der Waals surface area contributed by atoms with E-state index in [4.69, 9.17) is 4.74 Å². The number of hydrogen-bond acceptors (Lipinski definition) is 4. The number of hydrogen-bond donors (Lipinski definition) is 0. The molecule has 0 aliphatic heterocycles. The fourth-order valence-corrected chi connectivity index (χ4v) is 2.35. The Labute approximate surface area is 145 Å². The van der Waals surface area contributed by atoms with E-state index < -0.39 is 5.97 Å². The van der Waals surface area contributed by atoms with Crippen LogP contribution in [0.15, 0.2) is 71.5 Å². The zero-order valence-electron chi connectivity index (χ0n) is 13.9. The van der Waals surface area contributed by atoms with Gasteiger partial charge in [-0.25, -0.2) is 4.68 Å². The van der Waals surface area contributed by atoms with Crippen LogP contribution in [0.3, 0.4) is 0 Å². The fraction of sp³-hybridized carbons (Fsp3) is 0.150. The summed E-state index contributed by atoms with van der Waals surface area (Å²) in [4.78, 5) is 24.0. The van der Waals surface area contributed by atoms with Crippen LogP contribution >= 0.6 is 0 Å². The SMILES string of the molecule is Cc1ccc(-c2ccc(=O)n(CC(=O)OCc3ccccc3)n2)cc1. The molecule has 0 saturated carbocycles. The summed E-state index contributed by atoms with van der Waals surface area (Å²) in [6.07, 6.45) is 0. The maximum Gasteiger partial charge on any atom is 0.328 e. The third kappa shape index (κ3) is 4.41. The molecule has 0 aliphatic carbocycles. The Balaban J connectivity index is 1.71. The average molecular weight is 334 g/mol. The standard InChI is InChI=1S/C20H18N2O3/c1-15-7-9-17(10-8-15)18-11-12-19(23)22(21-18)13-20(24)25-14-16-5-3-2-4-6-16/h2-12H,13-14H2,1H3. The molecule has 2 aromatic carbocycles. The molecule has 5 heteroatoms. The van der Waals surface area contributed by atoms with Crippen molar-refractivity contribution in [2.75, 3.05) is 0 Å². The third-order valence-electron chi connectivity index (χ3n) is 3.74. The first-order valence-corrected chi connectivity index (χ1v) is 7.96. The van der Waals surface area contributed by atoms with Crippen molar-refractivity contribution in [3.8, 4) is 11.3 Å². The monoisotopic (exact) mass is 334 g/mol. The van der Waals surface area contributed by atoms with Gasteiger partial charge in [-0.1, -0.05) is 60.2 Å². The molecule has 25 heavy (non-hydrogen) atoms. The van der Waals surface area contributed by atoms with Gasteiger partial charge in [0.1, 0.15) is 13.2 Å². The van der Waals surface area contributed by atoms with Gasteiger partial charge in [-0.05, 0) is 18.6 Å². The minimum Gasteiger partial charge on any atom is -0.459 e. The third-order valence-corrected chi connectivity index (χ3v) is 3.74. The molecular formula is C20H18N2O3. The van der Waals surface area contributed by atoms with E-state index in [1.54, 1.807) is 6.07 Å². The molecule has 0 radical (unpaired) electrons. The zero-order valence-corrected chi connectivity index (χ0v) is 13.9. The second kappa shape index (κ2) is 7.57. The van der Waals surface area contributed by atoms with Crippen LogP contribution in [-0.4, -0.2) is 15.7 Å². The van der Waals surface area contributed by atoms with E-state index in [9.17, 15) is 9.59 Å². The largest absolute Gasteiger partial charge is 0.459 e. The Morgan fingerprint density at radius 3 is 2.44 bits per heavy atom. The summed E-state index contributed by atoms with van der Waals surface area (Å²) in [5.74, 6) is -0.500. The van der Waals surface area contributed by atoms with Crippen molar-refractivity contribution in [2.45, 2.75) is 20.1 Å². The molecule has 3 rings (SSSR count). The van der Waals surface area contributed by atoms with Gasteiger partial charge >= 0.3 is 5.97 Å². The number of aromatic nitrogens is 2. The summed E-state index contributed by atoms with van der Waals surface area (Å²) in [5, 5.41) is 4.27. The first-order valence-electron chi connectivity index (χ1n) is 7.96. The Kier molecular flexibility index (Phi) is 5.04. The first-order chi connectivity index (χ1) is 12.1. The maximum absolute atomic E-state index is 12.0. The quantitative estimate of drug-likeness (QED) is 0.673. The Morgan fingerprint density at radius 2 is 1.72 bits per heavy atom. The molecule has 0 amide bonds. The lowest BCUT2D eigenvalue weighted by Gasteiger charge is -2.08. The van der Waals surface area contributed by atoms with Crippen LogP contribution < -0.4 is 5.56 Å². The van der Waals surface area contributed by atoms with Crippen molar-refractivity contribution in [3.63, 3.8) is 0 Å². The fourth-order valence-electron chi connectivity index (χ4n) is 2.35. The Bertz CT molecular complexity index is 916. The van der Waals surface area contributed by atoms with Crippen LogP contribution in [0.5, 0.6) is 0 Å². The highest BCUT2D eigenvalue weighted by Gasteiger charge is 2.09. The van der Waals surface area contributed by atoms with Gasteiger partial charge in [0, 0.05) is 11.6 Å². The molecule has 3 aromatic rings. The summed E-state index contributed by atoms with van der Waals surface area (Å²) in [5.41, 5.74) is 3.21. The van der Waals surface area contributed by atoms with Crippen molar-refractivity contribution >= 4 is 5.97 Å². The molecule has 0 N–H and O–H groups in total. The number of aryl methyl sites for hydroxylation is 1. The summed E-state index contributed by atoms with van der Waals surface area (Å²) in [6.45, 7) is 1.96. The van der Waals surface area contributed by atoms with Crippen LogP contribution in [0, 0.1) is 6.92 Å². The smallest absolute Gasteiger partial charge is 0.328 e. The molecular weight excluding hydrogens is 316 g/mol. The van der Waals surface area contributed by atoms with Crippen LogP contribution in [0.1, 0.15) is 11.1 Å². The van der Waals surface area contributed by atoms with Crippen LogP contribution in [0.25, 0.3) is 11.3 Å². The van der Waals surface area contributed by atoms with Crippen LogP contribution in [0.4, 0.5) is 0 Å². The molecule has 1 aromatic heterocycles. The molecule has 0 spiro atoms. The highest BCUT2D eigenvalue weighted by Crippen LogP contribution is 2.15. The van der Waals surface area contributed by atoms with Gasteiger partial charge in [0.2, 0.25) is 0 Å². The summed E-state index contributed by atoms with van der Waals surface area (Å²) in [7, 11) is 0. The number of esters is 1. The van der Waals surface area contributed by atoms with E-state index in [2.05, 4.69) is 5.10 Å². The van der Waals surface area contributed by atoms with Gasteiger partial charge < -0.3 is 4.74 Å². The molecule has 1 heterocycles. The number of nitrogens with zero attached hydrogens (tertiary/aromatic N) is 2. The van der Waals surface area contributed by atoms with E-state index in [1.807, 2.05) is 61.5 Å². The predicted octanol–water partition coefficient (Wildman–Crippen LogP) is 2.96. The summed E-state index contributed by atoms with van der Waals surface area (Å²) >= 11 is 0. The van der Waals surface area contributed by atoms with Crippen molar-refractivity contribution in [2.24, 2.45) is 0 Å². The van der Waals surface area contributed by atoms with Gasteiger partial charge in [-0.15, -0.1) is 0 Å². The van der Waals surface area contributed by atoms with Crippen LogP contribution in [0.2, 0.25) is 0 Å². The molecule has 126 valence electrons. The normalized spacial score (nSPS) is 10.4. The second-order valence-electron chi connectivity index (χ2n) is 5.73. The first kappa shape index (κ1) is 16.6. The molecule has 0 unspecified atom stereocenters.